The van der Waals surface area contributed by atoms with E-state index < -0.39 is 5.82 Å². The zero-order valence-corrected chi connectivity index (χ0v) is 11.4. The van der Waals surface area contributed by atoms with Crippen molar-refractivity contribution in [1.82, 2.24) is 0 Å². The maximum absolute atomic E-state index is 13.1. The topological polar surface area (TPSA) is 47.6 Å². The lowest BCUT2D eigenvalue weighted by molar-refractivity contribution is -0.116. The molecule has 0 radical (unpaired) electrons. The second-order valence-electron chi connectivity index (χ2n) is 3.92. The Morgan fingerprint density at radius 3 is 2.79 bits per heavy atom. The van der Waals surface area contributed by atoms with Gasteiger partial charge >= 0.3 is 0 Å². The van der Waals surface area contributed by atoms with Crippen molar-refractivity contribution in [3.05, 3.63) is 24.0 Å². The van der Waals surface area contributed by atoms with Crippen LogP contribution in [0.2, 0.25) is 0 Å². The van der Waals surface area contributed by atoms with E-state index in [0.717, 1.165) is 0 Å². The molecule has 0 fully saturated rings. The van der Waals surface area contributed by atoms with Crippen molar-refractivity contribution in [3.8, 4) is 5.75 Å². The normalized spacial score (nSPS) is 10.3. The van der Waals surface area contributed by atoms with E-state index in [-0.39, 0.29) is 5.91 Å². The van der Waals surface area contributed by atoms with Gasteiger partial charge in [0, 0.05) is 25.7 Å². The van der Waals surface area contributed by atoms with Crippen LogP contribution in [0.3, 0.4) is 0 Å². The fourth-order valence-electron chi connectivity index (χ4n) is 1.57. The lowest BCUT2D eigenvalue weighted by Crippen LogP contribution is -2.13. The van der Waals surface area contributed by atoms with Crippen LogP contribution in [0.5, 0.6) is 5.75 Å². The molecule has 4 nitrogen and oxygen atoms in total. The van der Waals surface area contributed by atoms with Crippen molar-refractivity contribution in [1.29, 1.82) is 0 Å². The van der Waals surface area contributed by atoms with Gasteiger partial charge in [-0.25, -0.2) is 4.39 Å². The third-order valence-electron chi connectivity index (χ3n) is 2.41. The molecule has 0 aliphatic rings. The molecule has 0 bridgehead atoms. The molecule has 1 rings (SSSR count). The number of hydrogen-bond acceptors (Lipinski definition) is 3. The highest BCUT2D eigenvalue weighted by Crippen LogP contribution is 2.25. The third-order valence-corrected chi connectivity index (χ3v) is 2.41. The molecule has 1 amide bonds. The monoisotopic (exact) mass is 269 g/mol. The quantitative estimate of drug-likeness (QED) is 0.738. The molecule has 1 aromatic carbocycles. The first-order chi connectivity index (χ1) is 9.17. The highest BCUT2D eigenvalue weighted by Gasteiger charge is 2.08. The summed E-state index contributed by atoms with van der Waals surface area (Å²) in [7, 11) is 0. The number of ether oxygens (including phenoxy) is 2. The fraction of sp³-hybridized carbons (Fsp3) is 0.500. The Morgan fingerprint density at radius 2 is 2.11 bits per heavy atom. The number of rotatable bonds is 8. The zero-order chi connectivity index (χ0) is 14.1. The largest absolute Gasteiger partial charge is 0.492 e. The predicted molar refractivity (Wildman–Crippen MR) is 71.9 cm³/mol. The first-order valence-corrected chi connectivity index (χ1v) is 6.47. The van der Waals surface area contributed by atoms with Gasteiger partial charge in [-0.1, -0.05) is 0 Å². The Morgan fingerprint density at radius 1 is 1.32 bits per heavy atom. The van der Waals surface area contributed by atoms with Crippen LogP contribution >= 0.6 is 0 Å². The van der Waals surface area contributed by atoms with Gasteiger partial charge < -0.3 is 14.8 Å². The number of anilines is 1. The van der Waals surface area contributed by atoms with Crippen LogP contribution in [0.15, 0.2) is 18.2 Å². The highest BCUT2D eigenvalue weighted by atomic mass is 19.1. The van der Waals surface area contributed by atoms with Crippen molar-refractivity contribution in [2.45, 2.75) is 26.7 Å². The Kier molecular flexibility index (Phi) is 6.89. The van der Waals surface area contributed by atoms with E-state index in [0.29, 0.717) is 44.1 Å². The second kappa shape index (κ2) is 8.48. The molecule has 0 aromatic heterocycles. The summed E-state index contributed by atoms with van der Waals surface area (Å²) in [4.78, 5) is 11.7. The number of carbonyl (C=O) groups excluding carboxylic acids is 1. The molecule has 1 aromatic rings. The first-order valence-electron chi connectivity index (χ1n) is 6.47. The van der Waals surface area contributed by atoms with Crippen LogP contribution in [0.4, 0.5) is 10.1 Å². The SMILES string of the molecule is CCOCCCC(=O)Nc1ccc(F)cc1OCC. The van der Waals surface area contributed by atoms with Gasteiger partial charge in [0.2, 0.25) is 5.91 Å². The minimum atomic E-state index is -0.391. The van der Waals surface area contributed by atoms with E-state index in [1.807, 2.05) is 6.92 Å². The van der Waals surface area contributed by atoms with Crippen molar-refractivity contribution in [2.24, 2.45) is 0 Å². The van der Waals surface area contributed by atoms with E-state index in [4.69, 9.17) is 9.47 Å². The Bertz CT molecular complexity index is 410. The molecule has 0 atom stereocenters. The maximum atomic E-state index is 13.1. The summed E-state index contributed by atoms with van der Waals surface area (Å²) in [5.41, 5.74) is 0.490. The Hall–Kier alpha value is -1.62. The molecular weight excluding hydrogens is 249 g/mol. The second-order valence-corrected chi connectivity index (χ2v) is 3.92. The van der Waals surface area contributed by atoms with Crippen LogP contribution in [0.1, 0.15) is 26.7 Å². The summed E-state index contributed by atoms with van der Waals surface area (Å²) in [5, 5.41) is 2.71. The molecule has 0 unspecified atom stereocenters. The fourth-order valence-corrected chi connectivity index (χ4v) is 1.57. The average Bonchev–Trinajstić information content (AvgIpc) is 2.38. The molecule has 19 heavy (non-hydrogen) atoms. The summed E-state index contributed by atoms with van der Waals surface area (Å²) in [6.07, 6.45) is 1.02. The van der Waals surface area contributed by atoms with Gasteiger partial charge in [-0.3, -0.25) is 4.79 Å². The molecule has 0 heterocycles. The molecule has 1 N–H and O–H groups in total. The molecule has 106 valence electrons. The van der Waals surface area contributed by atoms with Gasteiger partial charge in [-0.2, -0.15) is 0 Å². The summed E-state index contributed by atoms with van der Waals surface area (Å²) in [6.45, 7) is 5.34. The number of amides is 1. The van der Waals surface area contributed by atoms with E-state index >= 15 is 0 Å². The van der Waals surface area contributed by atoms with Crippen molar-refractivity contribution in [3.63, 3.8) is 0 Å². The summed E-state index contributed by atoms with van der Waals surface area (Å²) >= 11 is 0. The Balaban J connectivity index is 2.53. The first kappa shape index (κ1) is 15.4. The number of nitrogens with one attached hydrogen (secondary N) is 1. The van der Waals surface area contributed by atoms with Crippen LogP contribution in [-0.4, -0.2) is 25.7 Å². The predicted octanol–water partition coefficient (Wildman–Crippen LogP) is 2.98. The molecule has 0 spiro atoms. The van der Waals surface area contributed by atoms with E-state index in [1.54, 1.807) is 6.92 Å². The van der Waals surface area contributed by atoms with Crippen LogP contribution in [0.25, 0.3) is 0 Å². The zero-order valence-electron chi connectivity index (χ0n) is 11.4. The minimum Gasteiger partial charge on any atom is -0.492 e. The van der Waals surface area contributed by atoms with Crippen molar-refractivity contribution < 1.29 is 18.7 Å². The van der Waals surface area contributed by atoms with Crippen molar-refractivity contribution >= 4 is 11.6 Å². The highest BCUT2D eigenvalue weighted by molar-refractivity contribution is 5.92. The Labute approximate surface area is 112 Å². The molecule has 5 heteroatoms. The van der Waals surface area contributed by atoms with Crippen LogP contribution in [-0.2, 0) is 9.53 Å². The van der Waals surface area contributed by atoms with E-state index in [2.05, 4.69) is 5.32 Å². The van der Waals surface area contributed by atoms with E-state index in [9.17, 15) is 9.18 Å². The van der Waals surface area contributed by atoms with Gasteiger partial charge in [-0.15, -0.1) is 0 Å². The third kappa shape index (κ3) is 5.70. The molecular formula is C14H20FNO3. The molecule has 0 saturated carbocycles. The lowest BCUT2D eigenvalue weighted by Gasteiger charge is -2.11. The van der Waals surface area contributed by atoms with Gasteiger partial charge in [0.25, 0.3) is 0 Å². The van der Waals surface area contributed by atoms with Crippen LogP contribution in [0, 0.1) is 5.82 Å². The smallest absolute Gasteiger partial charge is 0.224 e. The summed E-state index contributed by atoms with van der Waals surface area (Å²) < 4.78 is 23.5. The van der Waals surface area contributed by atoms with Gasteiger partial charge in [0.05, 0.1) is 12.3 Å². The lowest BCUT2D eigenvalue weighted by atomic mass is 10.2. The van der Waals surface area contributed by atoms with E-state index in [1.165, 1.54) is 18.2 Å². The summed E-state index contributed by atoms with van der Waals surface area (Å²) in [5.74, 6) is -0.175. The van der Waals surface area contributed by atoms with Gasteiger partial charge in [0.15, 0.2) is 0 Å². The number of hydrogen-bond donors (Lipinski definition) is 1. The molecule has 0 aliphatic carbocycles. The average molecular weight is 269 g/mol. The maximum Gasteiger partial charge on any atom is 0.224 e. The van der Waals surface area contributed by atoms with Crippen molar-refractivity contribution in [2.75, 3.05) is 25.1 Å². The van der Waals surface area contributed by atoms with Gasteiger partial charge in [0.1, 0.15) is 11.6 Å². The minimum absolute atomic E-state index is 0.132. The number of halogens is 1. The summed E-state index contributed by atoms with van der Waals surface area (Å²) in [6, 6.07) is 4.05. The number of benzene rings is 1. The molecule has 0 aliphatic heterocycles. The van der Waals surface area contributed by atoms with Crippen LogP contribution < -0.4 is 10.1 Å². The van der Waals surface area contributed by atoms with Gasteiger partial charge in [-0.05, 0) is 32.4 Å². The molecule has 0 saturated heterocycles. The number of carbonyl (C=O) groups is 1. The standard InChI is InChI=1S/C14H20FNO3/c1-3-18-9-5-6-14(17)16-12-8-7-11(15)10-13(12)19-4-2/h7-8,10H,3-6,9H2,1-2H3,(H,16,17).